The Labute approximate surface area is 115 Å². The van der Waals surface area contributed by atoms with Crippen molar-refractivity contribution in [1.82, 2.24) is 4.90 Å². The molecule has 0 aliphatic heterocycles. The zero-order chi connectivity index (χ0) is 14.4. The molecule has 106 valence electrons. The molecule has 19 heavy (non-hydrogen) atoms. The Morgan fingerprint density at radius 2 is 2.11 bits per heavy atom. The molecular weight excluding hydrogens is 242 g/mol. The average molecular weight is 265 g/mol. The van der Waals surface area contributed by atoms with Gasteiger partial charge < -0.3 is 9.84 Å². The molecule has 4 nitrogen and oxygen atoms in total. The van der Waals surface area contributed by atoms with Crippen LogP contribution in [0.2, 0.25) is 0 Å². The molecule has 0 spiro atoms. The number of carboxylic acid groups (broad SMARTS) is 1. The summed E-state index contributed by atoms with van der Waals surface area (Å²) in [5.74, 6) is -0.00109. The zero-order valence-corrected chi connectivity index (χ0v) is 12.1. The Hall–Kier alpha value is -1.55. The van der Waals surface area contributed by atoms with Gasteiger partial charge in [-0.25, -0.2) is 0 Å². The Morgan fingerprint density at radius 3 is 2.63 bits per heavy atom. The molecule has 1 aromatic carbocycles. The van der Waals surface area contributed by atoms with E-state index in [9.17, 15) is 4.79 Å². The summed E-state index contributed by atoms with van der Waals surface area (Å²) in [6, 6.07) is 8.05. The van der Waals surface area contributed by atoms with Crippen molar-refractivity contribution in [3.63, 3.8) is 0 Å². The SMILES string of the molecule is CCC(C)N(CC(=O)O)C(C)c1cccc(OC)c1. The van der Waals surface area contributed by atoms with Crippen LogP contribution in [-0.4, -0.2) is 35.7 Å². The Balaban J connectivity index is 2.96. The molecule has 0 radical (unpaired) electrons. The lowest BCUT2D eigenvalue weighted by atomic mass is 10.0. The number of rotatable bonds is 7. The predicted octanol–water partition coefficient (Wildman–Crippen LogP) is 2.94. The van der Waals surface area contributed by atoms with Crippen LogP contribution in [0.1, 0.15) is 38.8 Å². The summed E-state index contributed by atoms with van der Waals surface area (Å²) in [7, 11) is 1.63. The molecule has 0 aromatic heterocycles. The highest BCUT2D eigenvalue weighted by molar-refractivity contribution is 5.69. The van der Waals surface area contributed by atoms with E-state index < -0.39 is 5.97 Å². The molecule has 0 aliphatic carbocycles. The first-order valence-corrected chi connectivity index (χ1v) is 6.61. The molecule has 0 aliphatic rings. The number of hydrogen-bond donors (Lipinski definition) is 1. The van der Waals surface area contributed by atoms with Crippen LogP contribution in [0.25, 0.3) is 0 Å². The second-order valence-electron chi connectivity index (χ2n) is 4.78. The average Bonchev–Trinajstić information content (AvgIpc) is 2.43. The van der Waals surface area contributed by atoms with Crippen LogP contribution < -0.4 is 4.74 Å². The lowest BCUT2D eigenvalue weighted by molar-refractivity contribution is -0.139. The lowest BCUT2D eigenvalue weighted by Gasteiger charge is -2.33. The fraction of sp³-hybridized carbons (Fsp3) is 0.533. The predicted molar refractivity (Wildman–Crippen MR) is 75.5 cm³/mol. The fourth-order valence-electron chi connectivity index (χ4n) is 2.16. The third-order valence-corrected chi connectivity index (χ3v) is 3.55. The molecule has 0 heterocycles. The molecule has 4 heteroatoms. The topological polar surface area (TPSA) is 49.8 Å². The first-order valence-electron chi connectivity index (χ1n) is 6.61. The number of ether oxygens (including phenoxy) is 1. The minimum Gasteiger partial charge on any atom is -0.497 e. The van der Waals surface area contributed by atoms with Gasteiger partial charge in [0.2, 0.25) is 0 Å². The maximum atomic E-state index is 11.0. The summed E-state index contributed by atoms with van der Waals surface area (Å²) in [5.41, 5.74) is 1.07. The number of carbonyl (C=O) groups is 1. The molecule has 2 unspecified atom stereocenters. The van der Waals surface area contributed by atoms with Crippen LogP contribution in [0.4, 0.5) is 0 Å². The van der Waals surface area contributed by atoms with Crippen molar-refractivity contribution in [3.05, 3.63) is 29.8 Å². The lowest BCUT2D eigenvalue weighted by Crippen LogP contribution is -2.39. The van der Waals surface area contributed by atoms with E-state index in [-0.39, 0.29) is 18.6 Å². The highest BCUT2D eigenvalue weighted by Crippen LogP contribution is 2.26. The van der Waals surface area contributed by atoms with Crippen LogP contribution in [0.3, 0.4) is 0 Å². The van der Waals surface area contributed by atoms with Crippen LogP contribution >= 0.6 is 0 Å². The van der Waals surface area contributed by atoms with Gasteiger partial charge in [0, 0.05) is 12.1 Å². The molecule has 1 aromatic rings. The second kappa shape index (κ2) is 7.14. The number of benzene rings is 1. The molecule has 0 saturated carbocycles. The van der Waals surface area contributed by atoms with E-state index >= 15 is 0 Å². The van der Waals surface area contributed by atoms with Crippen molar-refractivity contribution < 1.29 is 14.6 Å². The van der Waals surface area contributed by atoms with Crippen molar-refractivity contribution in [2.24, 2.45) is 0 Å². The van der Waals surface area contributed by atoms with Crippen LogP contribution in [0.15, 0.2) is 24.3 Å². The Bertz CT molecular complexity index is 420. The zero-order valence-electron chi connectivity index (χ0n) is 12.1. The molecule has 0 amide bonds. The minimum atomic E-state index is -0.796. The van der Waals surface area contributed by atoms with Crippen molar-refractivity contribution in [2.45, 2.75) is 39.3 Å². The third-order valence-electron chi connectivity index (χ3n) is 3.55. The van der Waals surface area contributed by atoms with Gasteiger partial charge in [0.05, 0.1) is 13.7 Å². The van der Waals surface area contributed by atoms with E-state index in [1.165, 1.54) is 0 Å². The van der Waals surface area contributed by atoms with E-state index in [0.717, 1.165) is 17.7 Å². The summed E-state index contributed by atoms with van der Waals surface area (Å²) >= 11 is 0. The molecule has 1 N–H and O–H groups in total. The fourth-order valence-corrected chi connectivity index (χ4v) is 2.16. The van der Waals surface area contributed by atoms with Gasteiger partial charge in [-0.15, -0.1) is 0 Å². The molecule has 2 atom stereocenters. The van der Waals surface area contributed by atoms with Crippen molar-refractivity contribution >= 4 is 5.97 Å². The third kappa shape index (κ3) is 4.24. The van der Waals surface area contributed by atoms with Gasteiger partial charge in [0.15, 0.2) is 0 Å². The summed E-state index contributed by atoms with van der Waals surface area (Å²) in [4.78, 5) is 13.0. The van der Waals surface area contributed by atoms with Crippen molar-refractivity contribution in [3.8, 4) is 5.75 Å². The number of methoxy groups -OCH3 is 1. The van der Waals surface area contributed by atoms with Crippen LogP contribution in [0.5, 0.6) is 5.75 Å². The first-order chi connectivity index (χ1) is 8.99. The van der Waals surface area contributed by atoms with Gasteiger partial charge in [0.25, 0.3) is 0 Å². The molecular formula is C15H23NO3. The number of aliphatic carboxylic acids is 1. The van der Waals surface area contributed by atoms with E-state index in [1.54, 1.807) is 7.11 Å². The highest BCUT2D eigenvalue weighted by Gasteiger charge is 2.22. The van der Waals surface area contributed by atoms with Gasteiger partial charge >= 0.3 is 5.97 Å². The van der Waals surface area contributed by atoms with Crippen molar-refractivity contribution in [2.75, 3.05) is 13.7 Å². The molecule has 0 bridgehead atoms. The summed E-state index contributed by atoms with van der Waals surface area (Å²) in [5, 5.41) is 9.06. The van der Waals surface area contributed by atoms with E-state index in [1.807, 2.05) is 36.1 Å². The van der Waals surface area contributed by atoms with Gasteiger partial charge in [-0.1, -0.05) is 19.1 Å². The van der Waals surface area contributed by atoms with Crippen molar-refractivity contribution in [1.29, 1.82) is 0 Å². The Morgan fingerprint density at radius 1 is 1.42 bits per heavy atom. The van der Waals surface area contributed by atoms with E-state index in [0.29, 0.717) is 0 Å². The largest absolute Gasteiger partial charge is 0.497 e. The van der Waals surface area contributed by atoms with E-state index in [2.05, 4.69) is 13.8 Å². The number of hydrogen-bond acceptors (Lipinski definition) is 3. The van der Waals surface area contributed by atoms with Gasteiger partial charge in [0.1, 0.15) is 5.75 Å². The normalized spacial score (nSPS) is 14.2. The molecule has 0 saturated heterocycles. The van der Waals surface area contributed by atoms with E-state index in [4.69, 9.17) is 9.84 Å². The van der Waals surface area contributed by atoms with Gasteiger partial charge in [-0.3, -0.25) is 9.69 Å². The van der Waals surface area contributed by atoms with Crippen LogP contribution in [-0.2, 0) is 4.79 Å². The number of carboxylic acids is 1. The maximum absolute atomic E-state index is 11.0. The minimum absolute atomic E-state index is 0.0427. The standard InChI is InChI=1S/C15H23NO3/c1-5-11(2)16(10-15(17)18)12(3)13-7-6-8-14(9-13)19-4/h6-9,11-12H,5,10H2,1-4H3,(H,17,18). The smallest absolute Gasteiger partial charge is 0.317 e. The first kappa shape index (κ1) is 15.5. The second-order valence-corrected chi connectivity index (χ2v) is 4.78. The summed E-state index contributed by atoms with van der Waals surface area (Å²) in [6.07, 6.45) is 0.918. The molecule has 1 rings (SSSR count). The molecule has 0 fully saturated rings. The quantitative estimate of drug-likeness (QED) is 0.823. The monoisotopic (exact) mass is 265 g/mol. The summed E-state index contributed by atoms with van der Waals surface area (Å²) < 4.78 is 5.22. The maximum Gasteiger partial charge on any atom is 0.317 e. The summed E-state index contributed by atoms with van der Waals surface area (Å²) in [6.45, 7) is 6.20. The van der Waals surface area contributed by atoms with Gasteiger partial charge in [-0.05, 0) is 38.0 Å². The van der Waals surface area contributed by atoms with Crippen LogP contribution in [0, 0.1) is 0 Å². The van der Waals surface area contributed by atoms with Gasteiger partial charge in [-0.2, -0.15) is 0 Å². The highest BCUT2D eigenvalue weighted by atomic mass is 16.5. The Kier molecular flexibility index (Phi) is 5.83. The number of nitrogens with zero attached hydrogens (tertiary/aromatic N) is 1.